The van der Waals surface area contributed by atoms with Crippen LogP contribution in [0.3, 0.4) is 0 Å². The lowest BCUT2D eigenvalue weighted by Crippen LogP contribution is -2.48. The summed E-state index contributed by atoms with van der Waals surface area (Å²) in [6.07, 6.45) is 2.14. The van der Waals surface area contributed by atoms with E-state index in [1.807, 2.05) is 61.3 Å². The summed E-state index contributed by atoms with van der Waals surface area (Å²) >= 11 is 0. The fourth-order valence-electron chi connectivity index (χ4n) is 3.84. The summed E-state index contributed by atoms with van der Waals surface area (Å²) < 4.78 is 7.95. The van der Waals surface area contributed by atoms with E-state index >= 15 is 0 Å². The van der Waals surface area contributed by atoms with Crippen molar-refractivity contribution < 1.29 is 9.53 Å². The van der Waals surface area contributed by atoms with E-state index in [9.17, 15) is 4.79 Å². The normalized spacial score (nSPS) is 20.5. The van der Waals surface area contributed by atoms with Gasteiger partial charge in [0.2, 0.25) is 0 Å². The van der Waals surface area contributed by atoms with Crippen molar-refractivity contribution in [3.63, 3.8) is 0 Å². The molecule has 1 aliphatic rings. The number of carbonyl (C=O) groups is 1. The van der Waals surface area contributed by atoms with Crippen molar-refractivity contribution in [2.75, 3.05) is 13.1 Å². The number of hydrogen-bond acceptors (Lipinski definition) is 2. The Hall–Kier alpha value is -2.59. The van der Waals surface area contributed by atoms with Crippen LogP contribution in [0.1, 0.15) is 29.8 Å². The number of morpholine rings is 1. The molecule has 0 aliphatic carbocycles. The number of ether oxygens (including phenoxy) is 1. The molecule has 2 aromatic carbocycles. The lowest BCUT2D eigenvalue weighted by molar-refractivity contribution is -0.0585. The summed E-state index contributed by atoms with van der Waals surface area (Å²) in [5.41, 5.74) is 3.09. The molecular weight excluding hydrogens is 324 g/mol. The van der Waals surface area contributed by atoms with Gasteiger partial charge in [-0.1, -0.05) is 48.5 Å². The first-order valence-electron chi connectivity index (χ1n) is 9.18. The number of amides is 1. The molecule has 1 aliphatic heterocycles. The van der Waals surface area contributed by atoms with Crippen LogP contribution in [-0.2, 0) is 11.3 Å². The third-order valence-electron chi connectivity index (χ3n) is 4.92. The van der Waals surface area contributed by atoms with Crippen LogP contribution in [0.5, 0.6) is 0 Å². The number of hydrogen-bond donors (Lipinski definition) is 0. The molecule has 2 heterocycles. The van der Waals surface area contributed by atoms with Crippen molar-refractivity contribution in [2.24, 2.45) is 0 Å². The maximum atomic E-state index is 13.2. The number of rotatable bonds is 3. The molecule has 26 heavy (non-hydrogen) atoms. The first-order valence-corrected chi connectivity index (χ1v) is 9.18. The number of aromatic nitrogens is 1. The van der Waals surface area contributed by atoms with E-state index in [0.29, 0.717) is 13.1 Å². The minimum Gasteiger partial charge on any atom is -0.372 e. The lowest BCUT2D eigenvalue weighted by Gasteiger charge is -2.35. The Balaban J connectivity index is 1.70. The molecule has 1 amide bonds. The second-order valence-electron chi connectivity index (χ2n) is 7.14. The number of fused-ring (bicyclic) bond motifs is 1. The van der Waals surface area contributed by atoms with Crippen LogP contribution in [0.4, 0.5) is 0 Å². The summed E-state index contributed by atoms with van der Waals surface area (Å²) in [5.74, 6) is 0.0926. The summed E-state index contributed by atoms with van der Waals surface area (Å²) in [4.78, 5) is 15.2. The van der Waals surface area contributed by atoms with Gasteiger partial charge in [-0.05, 0) is 25.5 Å². The van der Waals surface area contributed by atoms with Gasteiger partial charge in [-0.15, -0.1) is 0 Å². The van der Waals surface area contributed by atoms with E-state index in [1.54, 1.807) is 0 Å². The van der Waals surface area contributed by atoms with Gasteiger partial charge in [0.25, 0.3) is 5.91 Å². The molecule has 134 valence electrons. The average Bonchev–Trinajstić information content (AvgIpc) is 3.00. The first-order chi connectivity index (χ1) is 12.6. The third kappa shape index (κ3) is 3.25. The number of para-hydroxylation sites is 1. The highest BCUT2D eigenvalue weighted by atomic mass is 16.5. The van der Waals surface area contributed by atoms with Crippen LogP contribution in [0.2, 0.25) is 0 Å². The van der Waals surface area contributed by atoms with Crippen LogP contribution >= 0.6 is 0 Å². The van der Waals surface area contributed by atoms with E-state index in [4.69, 9.17) is 4.74 Å². The van der Waals surface area contributed by atoms with Crippen LogP contribution in [0.15, 0.2) is 60.8 Å². The Morgan fingerprint density at radius 2 is 1.65 bits per heavy atom. The minimum atomic E-state index is 0.0698. The highest BCUT2D eigenvalue weighted by Gasteiger charge is 2.28. The maximum Gasteiger partial charge on any atom is 0.256 e. The molecular formula is C22H24N2O2. The predicted octanol–water partition coefficient (Wildman–Crippen LogP) is 3.94. The molecule has 4 rings (SSSR count). The summed E-state index contributed by atoms with van der Waals surface area (Å²) in [6.45, 7) is 6.08. The zero-order valence-corrected chi connectivity index (χ0v) is 15.3. The molecule has 1 saturated heterocycles. The lowest BCUT2D eigenvalue weighted by atomic mass is 10.1. The molecule has 0 radical (unpaired) electrons. The highest BCUT2D eigenvalue weighted by molar-refractivity contribution is 6.07. The van der Waals surface area contributed by atoms with Gasteiger partial charge >= 0.3 is 0 Å². The van der Waals surface area contributed by atoms with E-state index < -0.39 is 0 Å². The number of carbonyl (C=O) groups excluding carboxylic acids is 1. The van der Waals surface area contributed by atoms with Crippen molar-refractivity contribution in [2.45, 2.75) is 32.6 Å². The average molecular weight is 348 g/mol. The fourth-order valence-corrected chi connectivity index (χ4v) is 3.84. The van der Waals surface area contributed by atoms with E-state index in [2.05, 4.69) is 22.8 Å². The Labute approximate surface area is 154 Å². The molecule has 0 N–H and O–H groups in total. The molecule has 4 nitrogen and oxygen atoms in total. The Morgan fingerprint density at radius 3 is 2.38 bits per heavy atom. The van der Waals surface area contributed by atoms with Crippen molar-refractivity contribution in [3.8, 4) is 0 Å². The van der Waals surface area contributed by atoms with Crippen molar-refractivity contribution in [1.82, 2.24) is 9.47 Å². The minimum absolute atomic E-state index is 0.0698. The maximum absolute atomic E-state index is 13.2. The zero-order valence-electron chi connectivity index (χ0n) is 15.3. The zero-order chi connectivity index (χ0) is 18.1. The van der Waals surface area contributed by atoms with E-state index in [0.717, 1.165) is 23.0 Å². The van der Waals surface area contributed by atoms with Gasteiger partial charge < -0.3 is 14.2 Å². The Morgan fingerprint density at radius 1 is 1.00 bits per heavy atom. The summed E-state index contributed by atoms with van der Waals surface area (Å²) in [7, 11) is 0. The van der Waals surface area contributed by atoms with Gasteiger partial charge in [0.05, 0.1) is 17.8 Å². The number of benzene rings is 2. The van der Waals surface area contributed by atoms with Gasteiger partial charge in [0.15, 0.2) is 0 Å². The Bertz CT molecular complexity index is 906. The van der Waals surface area contributed by atoms with Crippen molar-refractivity contribution in [1.29, 1.82) is 0 Å². The molecule has 4 heteroatoms. The van der Waals surface area contributed by atoms with E-state index in [-0.39, 0.29) is 18.1 Å². The van der Waals surface area contributed by atoms with E-state index in [1.165, 1.54) is 5.56 Å². The molecule has 2 unspecified atom stereocenters. The summed E-state index contributed by atoms with van der Waals surface area (Å²) in [6, 6.07) is 18.5. The van der Waals surface area contributed by atoms with Gasteiger partial charge in [-0.3, -0.25) is 4.79 Å². The molecule has 0 saturated carbocycles. The van der Waals surface area contributed by atoms with Crippen molar-refractivity contribution in [3.05, 3.63) is 71.9 Å². The summed E-state index contributed by atoms with van der Waals surface area (Å²) in [5, 5.41) is 1.01. The van der Waals surface area contributed by atoms with Gasteiger partial charge in [-0.25, -0.2) is 0 Å². The molecule has 2 atom stereocenters. The largest absolute Gasteiger partial charge is 0.372 e. The number of nitrogens with zero attached hydrogens (tertiary/aromatic N) is 2. The third-order valence-corrected chi connectivity index (χ3v) is 4.92. The van der Waals surface area contributed by atoms with Gasteiger partial charge in [0.1, 0.15) is 0 Å². The highest BCUT2D eigenvalue weighted by Crippen LogP contribution is 2.25. The van der Waals surface area contributed by atoms with Crippen LogP contribution < -0.4 is 0 Å². The standard InChI is InChI=1S/C22H24N2O2/c1-16-12-24(13-17(2)26-16)22(25)20-15-23(14-18-8-4-3-5-9-18)21-11-7-6-10-19(20)21/h3-11,15-17H,12-14H2,1-2H3. The smallest absolute Gasteiger partial charge is 0.256 e. The SMILES string of the molecule is CC1CN(C(=O)c2cn(Cc3ccccc3)c3ccccc23)CC(C)O1. The monoisotopic (exact) mass is 348 g/mol. The second kappa shape index (κ2) is 6.96. The molecule has 3 aromatic rings. The molecule has 0 bridgehead atoms. The molecule has 1 aromatic heterocycles. The second-order valence-corrected chi connectivity index (χ2v) is 7.14. The molecule has 1 fully saturated rings. The van der Waals surface area contributed by atoms with Crippen LogP contribution in [-0.4, -0.2) is 40.7 Å². The van der Waals surface area contributed by atoms with Gasteiger partial charge in [-0.2, -0.15) is 0 Å². The fraction of sp³-hybridized carbons (Fsp3) is 0.318. The quantitative estimate of drug-likeness (QED) is 0.718. The van der Waals surface area contributed by atoms with Crippen LogP contribution in [0.25, 0.3) is 10.9 Å². The Kier molecular flexibility index (Phi) is 4.51. The molecule has 0 spiro atoms. The van der Waals surface area contributed by atoms with Crippen molar-refractivity contribution >= 4 is 16.8 Å². The predicted molar refractivity (Wildman–Crippen MR) is 103 cm³/mol. The topological polar surface area (TPSA) is 34.5 Å². The van der Waals surface area contributed by atoms with Gasteiger partial charge in [0, 0.05) is 36.7 Å². The first kappa shape index (κ1) is 16.9. The van der Waals surface area contributed by atoms with Crippen LogP contribution in [0, 0.1) is 0 Å².